The summed E-state index contributed by atoms with van der Waals surface area (Å²) in [6.07, 6.45) is 12.3. The van der Waals surface area contributed by atoms with Crippen molar-refractivity contribution in [1.82, 2.24) is 30.1 Å². The largest absolute Gasteiger partial charge is 0.245 e. The summed E-state index contributed by atoms with van der Waals surface area (Å²) in [6.45, 7) is 19.2. The molecular formula is C24H36N6. The van der Waals surface area contributed by atoms with Gasteiger partial charge >= 0.3 is 0 Å². The Morgan fingerprint density at radius 2 is 1.10 bits per heavy atom. The summed E-state index contributed by atoms with van der Waals surface area (Å²) < 4.78 is 0. The van der Waals surface area contributed by atoms with Crippen LogP contribution in [0.5, 0.6) is 0 Å². The molecule has 0 spiro atoms. The molecule has 3 rings (SSSR count). The van der Waals surface area contributed by atoms with Crippen LogP contribution in [0, 0.1) is 0 Å². The summed E-state index contributed by atoms with van der Waals surface area (Å²) in [5.41, 5.74) is 2.83. The van der Waals surface area contributed by atoms with E-state index in [1.807, 2.05) is 24.5 Å². The van der Waals surface area contributed by atoms with Crippen LogP contribution < -0.4 is 0 Å². The van der Waals surface area contributed by atoms with Crippen molar-refractivity contribution >= 4 is 0 Å². The van der Waals surface area contributed by atoms with Crippen molar-refractivity contribution in [2.24, 2.45) is 0 Å². The Balaban J connectivity index is 0.000000225. The van der Waals surface area contributed by atoms with E-state index in [-0.39, 0.29) is 16.2 Å². The highest BCUT2D eigenvalue weighted by atomic mass is 15.1. The van der Waals surface area contributed by atoms with Crippen molar-refractivity contribution in [3.63, 3.8) is 0 Å². The van der Waals surface area contributed by atoms with Gasteiger partial charge in [-0.3, -0.25) is 0 Å². The van der Waals surface area contributed by atoms with E-state index in [2.05, 4.69) is 92.4 Å². The highest BCUT2D eigenvalue weighted by Crippen LogP contribution is 2.20. The number of rotatable bonds is 0. The van der Waals surface area contributed by atoms with E-state index in [4.69, 9.17) is 0 Å². The van der Waals surface area contributed by atoms with E-state index < -0.39 is 0 Å². The lowest BCUT2D eigenvalue weighted by atomic mass is 9.89. The van der Waals surface area contributed by atoms with Crippen LogP contribution in [-0.2, 0) is 16.2 Å². The molecule has 6 heteroatoms. The fourth-order valence-corrected chi connectivity index (χ4v) is 2.11. The molecule has 0 N–H and O–H groups in total. The summed E-state index contributed by atoms with van der Waals surface area (Å²) in [5.74, 6) is 0.898. The predicted molar refractivity (Wildman–Crippen MR) is 122 cm³/mol. The normalized spacial score (nSPS) is 11.5. The minimum atomic E-state index is 0.0707. The second kappa shape index (κ2) is 10.9. The molecule has 0 aliphatic rings. The molecule has 0 unspecified atom stereocenters. The zero-order chi connectivity index (χ0) is 22.8. The van der Waals surface area contributed by atoms with Crippen molar-refractivity contribution in [2.45, 2.75) is 78.6 Å². The van der Waals surface area contributed by atoms with Gasteiger partial charge in [0, 0.05) is 36.4 Å². The number of aromatic nitrogens is 6. The zero-order valence-corrected chi connectivity index (χ0v) is 19.9. The molecule has 0 amide bonds. The molecule has 0 fully saturated rings. The first-order valence-electron chi connectivity index (χ1n) is 10.1. The third-order valence-corrected chi connectivity index (χ3v) is 4.11. The van der Waals surface area contributed by atoms with Crippen molar-refractivity contribution in [1.29, 1.82) is 0 Å². The molecule has 0 aliphatic carbocycles. The fraction of sp³-hybridized carbons (Fsp3) is 0.500. The first kappa shape index (κ1) is 25.3. The molecule has 0 saturated heterocycles. The summed E-state index contributed by atoms with van der Waals surface area (Å²) >= 11 is 0. The smallest absolute Gasteiger partial charge is 0.133 e. The standard InChI is InChI=1S/3C8H12N2/c1-8(2,3)7-4-9-6-10-5-7;1-8(2,3)7-4-5-9-10-6-7;1-8(2,3)7-9-5-4-6-10-7/h3*4-6H,1-3H3. The maximum absolute atomic E-state index is 4.14. The topological polar surface area (TPSA) is 77.3 Å². The highest BCUT2D eigenvalue weighted by molar-refractivity contribution is 5.15. The summed E-state index contributed by atoms with van der Waals surface area (Å²) in [4.78, 5) is 16.2. The van der Waals surface area contributed by atoms with Gasteiger partial charge in [0.1, 0.15) is 12.2 Å². The van der Waals surface area contributed by atoms with Gasteiger partial charge in [-0.05, 0) is 34.1 Å². The van der Waals surface area contributed by atoms with Gasteiger partial charge < -0.3 is 0 Å². The molecule has 30 heavy (non-hydrogen) atoms. The van der Waals surface area contributed by atoms with Crippen LogP contribution in [0.1, 0.15) is 79.3 Å². The quantitative estimate of drug-likeness (QED) is 0.501. The third kappa shape index (κ3) is 9.63. The number of hydrogen-bond acceptors (Lipinski definition) is 6. The Morgan fingerprint density at radius 1 is 0.567 bits per heavy atom. The SMILES string of the molecule is CC(C)(C)c1ccnnc1.CC(C)(C)c1cncnc1.CC(C)(C)c1ncccn1. The van der Waals surface area contributed by atoms with E-state index in [1.54, 1.807) is 31.1 Å². The van der Waals surface area contributed by atoms with E-state index >= 15 is 0 Å². The second-order valence-electron chi connectivity index (χ2n) is 10.1. The first-order valence-corrected chi connectivity index (χ1v) is 10.1. The molecule has 0 aliphatic heterocycles. The summed E-state index contributed by atoms with van der Waals surface area (Å²) in [6, 6.07) is 3.82. The van der Waals surface area contributed by atoms with E-state index in [1.165, 1.54) is 11.1 Å². The van der Waals surface area contributed by atoms with Crippen LogP contribution in [0.4, 0.5) is 0 Å². The Hall–Kier alpha value is -2.76. The van der Waals surface area contributed by atoms with Crippen LogP contribution in [0.15, 0.2) is 55.6 Å². The first-order chi connectivity index (χ1) is 13.8. The molecule has 3 aromatic rings. The lowest BCUT2D eigenvalue weighted by molar-refractivity contribution is 0.545. The maximum Gasteiger partial charge on any atom is 0.133 e. The van der Waals surface area contributed by atoms with Crippen LogP contribution in [0.25, 0.3) is 0 Å². The molecule has 3 heterocycles. The van der Waals surface area contributed by atoms with E-state index in [9.17, 15) is 0 Å². The van der Waals surface area contributed by atoms with Gasteiger partial charge in [-0.15, -0.1) is 0 Å². The average molecular weight is 409 g/mol. The van der Waals surface area contributed by atoms with Crippen LogP contribution in [-0.4, -0.2) is 30.1 Å². The van der Waals surface area contributed by atoms with Gasteiger partial charge in [-0.1, -0.05) is 62.3 Å². The van der Waals surface area contributed by atoms with Gasteiger partial charge in [0.15, 0.2) is 0 Å². The van der Waals surface area contributed by atoms with Crippen LogP contribution in [0.2, 0.25) is 0 Å². The Kier molecular flexibility index (Phi) is 9.15. The lowest BCUT2D eigenvalue weighted by Crippen LogP contribution is -2.14. The lowest BCUT2D eigenvalue weighted by Gasteiger charge is -2.16. The van der Waals surface area contributed by atoms with Crippen LogP contribution in [0.3, 0.4) is 0 Å². The Morgan fingerprint density at radius 3 is 1.40 bits per heavy atom. The third-order valence-electron chi connectivity index (χ3n) is 4.11. The molecule has 0 atom stereocenters. The van der Waals surface area contributed by atoms with Gasteiger partial charge in [-0.25, -0.2) is 19.9 Å². The molecule has 162 valence electrons. The molecule has 0 saturated carbocycles. The molecule has 6 nitrogen and oxygen atoms in total. The molecular weight excluding hydrogens is 372 g/mol. The van der Waals surface area contributed by atoms with Gasteiger partial charge in [0.25, 0.3) is 0 Å². The van der Waals surface area contributed by atoms with Crippen LogP contribution >= 0.6 is 0 Å². The van der Waals surface area contributed by atoms with Gasteiger partial charge in [0.05, 0.1) is 6.20 Å². The predicted octanol–water partition coefficient (Wildman–Crippen LogP) is 5.32. The summed E-state index contributed by atoms with van der Waals surface area (Å²) in [7, 11) is 0. The van der Waals surface area contributed by atoms with E-state index in [0.29, 0.717) is 0 Å². The Labute approximate surface area is 181 Å². The highest BCUT2D eigenvalue weighted by Gasteiger charge is 2.15. The van der Waals surface area contributed by atoms with E-state index in [0.717, 1.165) is 5.82 Å². The minimum absolute atomic E-state index is 0.0707. The second-order valence-corrected chi connectivity index (χ2v) is 10.1. The average Bonchev–Trinajstić information content (AvgIpc) is 2.69. The maximum atomic E-state index is 4.14. The van der Waals surface area contributed by atoms with Gasteiger partial charge in [-0.2, -0.15) is 10.2 Å². The number of hydrogen-bond donors (Lipinski definition) is 0. The zero-order valence-electron chi connectivity index (χ0n) is 19.9. The van der Waals surface area contributed by atoms with Gasteiger partial charge in [0.2, 0.25) is 0 Å². The fourth-order valence-electron chi connectivity index (χ4n) is 2.11. The molecule has 0 aromatic carbocycles. The monoisotopic (exact) mass is 408 g/mol. The molecule has 3 aromatic heterocycles. The number of nitrogens with zero attached hydrogens (tertiary/aromatic N) is 6. The van der Waals surface area contributed by atoms with Crippen molar-refractivity contribution in [2.75, 3.05) is 0 Å². The molecule has 0 radical (unpaired) electrons. The van der Waals surface area contributed by atoms with Crippen molar-refractivity contribution in [3.8, 4) is 0 Å². The van der Waals surface area contributed by atoms with Crippen molar-refractivity contribution in [3.05, 3.63) is 72.6 Å². The summed E-state index contributed by atoms with van der Waals surface area (Å²) in [5, 5.41) is 7.51. The minimum Gasteiger partial charge on any atom is -0.245 e. The molecule has 0 bridgehead atoms. The Bertz CT molecular complexity index is 712. The van der Waals surface area contributed by atoms with Crippen molar-refractivity contribution < 1.29 is 0 Å².